The highest BCUT2D eigenvalue weighted by Crippen LogP contribution is 2.28. The Balaban J connectivity index is 2.01. The fourth-order valence-electron chi connectivity index (χ4n) is 2.99. The average Bonchev–Trinajstić information content (AvgIpc) is 2.80. The van der Waals surface area contributed by atoms with Crippen molar-refractivity contribution < 1.29 is 4.39 Å². The molecule has 1 aromatic carbocycles. The van der Waals surface area contributed by atoms with Crippen molar-refractivity contribution in [2.45, 2.75) is 38.3 Å². The lowest BCUT2D eigenvalue weighted by molar-refractivity contribution is 0.395. The Labute approximate surface area is 111 Å². The van der Waals surface area contributed by atoms with Crippen LogP contribution >= 0.6 is 0 Å². The number of hydrogen-bond acceptors (Lipinski definition) is 3. The highest BCUT2D eigenvalue weighted by Gasteiger charge is 2.29. The summed E-state index contributed by atoms with van der Waals surface area (Å²) in [5.74, 6) is 0.563. The second kappa shape index (κ2) is 4.81. The zero-order valence-corrected chi connectivity index (χ0v) is 11.1. The summed E-state index contributed by atoms with van der Waals surface area (Å²) in [6.07, 6.45) is 3.43. The zero-order chi connectivity index (χ0) is 13.4. The Kier molecular flexibility index (Phi) is 3.14. The number of nitrogens with zero attached hydrogens (tertiary/aromatic N) is 2. The molecule has 19 heavy (non-hydrogen) atoms. The van der Waals surface area contributed by atoms with Crippen LogP contribution in [-0.4, -0.2) is 28.6 Å². The van der Waals surface area contributed by atoms with Gasteiger partial charge in [0.15, 0.2) is 0 Å². The molecule has 2 unspecified atom stereocenters. The normalized spacial score (nSPS) is 24.1. The van der Waals surface area contributed by atoms with Gasteiger partial charge in [0.05, 0.1) is 11.0 Å². The van der Waals surface area contributed by atoms with Crippen LogP contribution in [0.2, 0.25) is 0 Å². The maximum Gasteiger partial charge on any atom is 0.204 e. The van der Waals surface area contributed by atoms with E-state index in [0.29, 0.717) is 18.6 Å². The maximum absolute atomic E-state index is 13.2. The Morgan fingerprint density at radius 1 is 1.47 bits per heavy atom. The number of benzene rings is 1. The topological polar surface area (TPSA) is 57.9 Å². The van der Waals surface area contributed by atoms with E-state index in [1.54, 1.807) is 6.07 Å². The van der Waals surface area contributed by atoms with Crippen molar-refractivity contribution in [1.29, 1.82) is 0 Å². The first-order valence-electron chi connectivity index (χ1n) is 6.82. The van der Waals surface area contributed by atoms with Crippen LogP contribution in [0.1, 0.15) is 26.2 Å². The SMILES string of the molecule is CC1CCCC(CN)N1c1nc2ccc(F)cc2[nH]1. The Morgan fingerprint density at radius 3 is 3.11 bits per heavy atom. The predicted octanol–water partition coefficient (Wildman–Crippen LogP) is 2.41. The van der Waals surface area contributed by atoms with Crippen LogP contribution in [0, 0.1) is 5.82 Å². The van der Waals surface area contributed by atoms with Crippen LogP contribution in [0.3, 0.4) is 0 Å². The fourth-order valence-corrected chi connectivity index (χ4v) is 2.99. The zero-order valence-electron chi connectivity index (χ0n) is 11.1. The van der Waals surface area contributed by atoms with Crippen molar-refractivity contribution in [3.63, 3.8) is 0 Å². The van der Waals surface area contributed by atoms with E-state index in [1.165, 1.54) is 18.6 Å². The second-order valence-corrected chi connectivity index (χ2v) is 5.30. The van der Waals surface area contributed by atoms with Crippen molar-refractivity contribution in [2.24, 2.45) is 5.73 Å². The Morgan fingerprint density at radius 2 is 2.32 bits per heavy atom. The summed E-state index contributed by atoms with van der Waals surface area (Å²) in [4.78, 5) is 10.0. The number of rotatable bonds is 2. The summed E-state index contributed by atoms with van der Waals surface area (Å²) < 4.78 is 13.2. The largest absolute Gasteiger partial charge is 0.335 e. The van der Waals surface area contributed by atoms with Gasteiger partial charge in [-0.1, -0.05) is 0 Å². The van der Waals surface area contributed by atoms with Gasteiger partial charge in [-0.05, 0) is 44.4 Å². The number of H-pyrrole nitrogens is 1. The third kappa shape index (κ3) is 2.18. The quantitative estimate of drug-likeness (QED) is 0.873. The van der Waals surface area contributed by atoms with Crippen molar-refractivity contribution in [2.75, 3.05) is 11.4 Å². The summed E-state index contributed by atoms with van der Waals surface area (Å²) in [5, 5.41) is 0. The molecule has 1 aliphatic heterocycles. The first-order valence-corrected chi connectivity index (χ1v) is 6.82. The van der Waals surface area contributed by atoms with E-state index < -0.39 is 0 Å². The highest BCUT2D eigenvalue weighted by atomic mass is 19.1. The van der Waals surface area contributed by atoms with Gasteiger partial charge in [-0.2, -0.15) is 0 Å². The number of piperidine rings is 1. The molecule has 2 heterocycles. The molecule has 102 valence electrons. The van der Waals surface area contributed by atoms with Gasteiger partial charge in [0.25, 0.3) is 0 Å². The molecule has 1 fully saturated rings. The molecule has 4 nitrogen and oxygen atoms in total. The van der Waals surface area contributed by atoms with Crippen molar-refractivity contribution in [3.05, 3.63) is 24.0 Å². The molecule has 2 atom stereocenters. The van der Waals surface area contributed by atoms with E-state index in [9.17, 15) is 4.39 Å². The minimum atomic E-state index is -0.246. The first kappa shape index (κ1) is 12.4. The number of halogens is 1. The van der Waals surface area contributed by atoms with E-state index in [4.69, 9.17) is 5.73 Å². The number of imidazole rings is 1. The number of nitrogens with two attached hydrogens (primary N) is 1. The van der Waals surface area contributed by atoms with E-state index in [-0.39, 0.29) is 5.82 Å². The van der Waals surface area contributed by atoms with E-state index in [1.807, 2.05) is 0 Å². The average molecular weight is 262 g/mol. The summed E-state index contributed by atoms with van der Waals surface area (Å²) in [6, 6.07) is 5.35. The minimum absolute atomic E-state index is 0.246. The number of hydrogen-bond donors (Lipinski definition) is 2. The smallest absolute Gasteiger partial charge is 0.204 e. The molecular weight excluding hydrogens is 243 g/mol. The van der Waals surface area contributed by atoms with Crippen LogP contribution in [0.5, 0.6) is 0 Å². The molecule has 0 amide bonds. The van der Waals surface area contributed by atoms with Crippen molar-refractivity contribution in [3.8, 4) is 0 Å². The highest BCUT2D eigenvalue weighted by molar-refractivity contribution is 5.77. The van der Waals surface area contributed by atoms with Crippen LogP contribution in [-0.2, 0) is 0 Å². The third-order valence-corrected chi connectivity index (χ3v) is 3.98. The molecular formula is C14H19FN4. The monoisotopic (exact) mass is 262 g/mol. The molecule has 1 aliphatic rings. The number of anilines is 1. The molecule has 2 aromatic rings. The fraction of sp³-hybridized carbons (Fsp3) is 0.500. The molecule has 0 aliphatic carbocycles. The molecule has 1 aromatic heterocycles. The molecule has 0 saturated carbocycles. The molecule has 0 radical (unpaired) electrons. The van der Waals surface area contributed by atoms with E-state index in [0.717, 1.165) is 29.8 Å². The van der Waals surface area contributed by atoms with Crippen LogP contribution in [0.4, 0.5) is 10.3 Å². The van der Waals surface area contributed by atoms with Gasteiger partial charge in [0.2, 0.25) is 5.95 Å². The lowest BCUT2D eigenvalue weighted by atomic mass is 9.97. The molecule has 0 bridgehead atoms. The van der Waals surface area contributed by atoms with E-state index in [2.05, 4.69) is 21.8 Å². The second-order valence-electron chi connectivity index (χ2n) is 5.30. The van der Waals surface area contributed by atoms with Gasteiger partial charge >= 0.3 is 0 Å². The molecule has 3 rings (SSSR count). The molecule has 5 heteroatoms. The standard InChI is InChI=1S/C14H19FN4/c1-9-3-2-4-11(8-16)19(9)14-17-12-6-5-10(15)7-13(12)18-14/h5-7,9,11H,2-4,8,16H2,1H3,(H,17,18). The van der Waals surface area contributed by atoms with Crippen molar-refractivity contribution in [1.82, 2.24) is 9.97 Å². The first-order chi connectivity index (χ1) is 9.19. The molecule has 0 spiro atoms. The Bertz CT molecular complexity index is 580. The number of aromatic amines is 1. The number of aromatic nitrogens is 2. The third-order valence-electron chi connectivity index (χ3n) is 3.98. The van der Waals surface area contributed by atoms with E-state index >= 15 is 0 Å². The summed E-state index contributed by atoms with van der Waals surface area (Å²) in [7, 11) is 0. The summed E-state index contributed by atoms with van der Waals surface area (Å²) >= 11 is 0. The maximum atomic E-state index is 13.2. The molecule has 1 saturated heterocycles. The van der Waals surface area contributed by atoms with Gasteiger partial charge < -0.3 is 15.6 Å². The van der Waals surface area contributed by atoms with Gasteiger partial charge in [-0.3, -0.25) is 0 Å². The number of nitrogens with one attached hydrogen (secondary N) is 1. The van der Waals surface area contributed by atoms with Crippen molar-refractivity contribution >= 4 is 17.0 Å². The lowest BCUT2D eigenvalue weighted by Gasteiger charge is -2.40. The van der Waals surface area contributed by atoms with Gasteiger partial charge in [0, 0.05) is 18.6 Å². The van der Waals surface area contributed by atoms with Crippen LogP contribution < -0.4 is 10.6 Å². The Hall–Kier alpha value is -1.62. The van der Waals surface area contributed by atoms with Crippen LogP contribution in [0.15, 0.2) is 18.2 Å². The molecule has 3 N–H and O–H groups in total. The van der Waals surface area contributed by atoms with Gasteiger partial charge in [-0.25, -0.2) is 9.37 Å². The minimum Gasteiger partial charge on any atom is -0.335 e. The van der Waals surface area contributed by atoms with Gasteiger partial charge in [0.1, 0.15) is 5.82 Å². The summed E-state index contributed by atoms with van der Waals surface area (Å²) in [5.41, 5.74) is 7.40. The lowest BCUT2D eigenvalue weighted by Crippen LogP contribution is -2.49. The summed E-state index contributed by atoms with van der Waals surface area (Å²) in [6.45, 7) is 2.81. The van der Waals surface area contributed by atoms with Gasteiger partial charge in [-0.15, -0.1) is 0 Å². The van der Waals surface area contributed by atoms with Crippen LogP contribution in [0.25, 0.3) is 11.0 Å². The predicted molar refractivity (Wildman–Crippen MR) is 74.7 cm³/mol. The number of fused-ring (bicyclic) bond motifs is 1.